The molecule has 0 amide bonds. The molecule has 4 aromatic carbocycles. The highest BCUT2D eigenvalue weighted by molar-refractivity contribution is 6.01. The zero-order valence-corrected chi connectivity index (χ0v) is 18.0. The highest BCUT2D eigenvalue weighted by Crippen LogP contribution is 2.42. The number of nitrogens with zero attached hydrogens (tertiary/aromatic N) is 2. The molecule has 4 heteroatoms. The molecule has 0 atom stereocenters. The average molecular weight is 421 g/mol. The van der Waals surface area contributed by atoms with Gasteiger partial charge in [0.2, 0.25) is 0 Å². The fourth-order valence-electron chi connectivity index (χ4n) is 4.61. The Bertz CT molecular complexity index is 1440. The molecule has 0 aliphatic heterocycles. The Morgan fingerprint density at radius 2 is 1.34 bits per heavy atom. The molecule has 0 spiro atoms. The normalized spacial score (nSPS) is 11.3. The van der Waals surface area contributed by atoms with Crippen LogP contribution in [0.5, 0.6) is 0 Å². The van der Waals surface area contributed by atoms with Crippen LogP contribution in [0.25, 0.3) is 44.1 Å². The molecule has 32 heavy (non-hydrogen) atoms. The van der Waals surface area contributed by atoms with Crippen LogP contribution < -0.4 is 0 Å². The molecular weight excluding hydrogens is 396 g/mol. The van der Waals surface area contributed by atoms with Crippen molar-refractivity contribution in [3.8, 4) is 22.5 Å². The maximum atomic E-state index is 12.3. The minimum absolute atomic E-state index is 0.153. The van der Waals surface area contributed by atoms with E-state index in [1.54, 1.807) is 6.07 Å². The Balaban J connectivity index is 1.86. The summed E-state index contributed by atoms with van der Waals surface area (Å²) in [4.78, 5) is 12.0. The van der Waals surface area contributed by atoms with Crippen LogP contribution >= 0.6 is 0 Å². The number of aromatic nitrogens is 1. The molecular formula is C28H24N2O2. The zero-order chi connectivity index (χ0) is 22.1. The maximum absolute atomic E-state index is 12.3. The van der Waals surface area contributed by atoms with Gasteiger partial charge in [0.1, 0.15) is 5.69 Å². The predicted molar refractivity (Wildman–Crippen MR) is 132 cm³/mol. The standard InChI is InChI=1S/C28H24N2O2/c1-2-3-18-29-26(24-16-8-12-20-10-4-6-14-22(20)24)19-27(30(31)32)28(29)25-17-9-13-21-11-5-7-15-23(21)25/h4-17,19H,2-3,18H2,1H3. The molecule has 0 unspecified atom stereocenters. The van der Waals surface area contributed by atoms with Gasteiger partial charge in [-0.15, -0.1) is 0 Å². The first-order chi connectivity index (χ1) is 15.7. The van der Waals surface area contributed by atoms with Crippen molar-refractivity contribution in [2.45, 2.75) is 26.3 Å². The highest BCUT2D eigenvalue weighted by atomic mass is 16.6. The molecule has 0 fully saturated rings. The smallest absolute Gasteiger partial charge is 0.295 e. The molecule has 5 rings (SSSR count). The molecule has 0 aliphatic rings. The van der Waals surface area contributed by atoms with Gasteiger partial charge in [-0.2, -0.15) is 0 Å². The highest BCUT2D eigenvalue weighted by Gasteiger charge is 2.27. The van der Waals surface area contributed by atoms with Gasteiger partial charge in [-0.05, 0) is 28.0 Å². The van der Waals surface area contributed by atoms with E-state index in [1.807, 2.05) is 48.5 Å². The van der Waals surface area contributed by atoms with E-state index >= 15 is 0 Å². The molecule has 0 saturated carbocycles. The molecule has 0 bridgehead atoms. The topological polar surface area (TPSA) is 48.1 Å². The molecule has 158 valence electrons. The molecule has 0 aliphatic carbocycles. The summed E-state index contributed by atoms with van der Waals surface area (Å²) in [6.07, 6.45) is 1.96. The van der Waals surface area contributed by atoms with Gasteiger partial charge in [0.15, 0.2) is 0 Å². The second-order valence-corrected chi connectivity index (χ2v) is 8.08. The van der Waals surface area contributed by atoms with Gasteiger partial charge in [-0.3, -0.25) is 10.1 Å². The summed E-state index contributed by atoms with van der Waals surface area (Å²) in [5.41, 5.74) is 3.65. The van der Waals surface area contributed by atoms with Crippen molar-refractivity contribution in [1.29, 1.82) is 0 Å². The van der Waals surface area contributed by atoms with Crippen LogP contribution in [0.2, 0.25) is 0 Å². The number of benzene rings is 4. The van der Waals surface area contributed by atoms with Gasteiger partial charge >= 0.3 is 0 Å². The van der Waals surface area contributed by atoms with Crippen LogP contribution in [0.4, 0.5) is 5.69 Å². The van der Waals surface area contributed by atoms with Gasteiger partial charge < -0.3 is 4.57 Å². The lowest BCUT2D eigenvalue weighted by Gasteiger charge is -2.15. The van der Waals surface area contributed by atoms with Crippen molar-refractivity contribution >= 4 is 27.2 Å². The summed E-state index contributed by atoms with van der Waals surface area (Å²) in [5.74, 6) is 0. The van der Waals surface area contributed by atoms with Gasteiger partial charge in [0, 0.05) is 23.7 Å². The van der Waals surface area contributed by atoms with Crippen molar-refractivity contribution in [2.75, 3.05) is 0 Å². The summed E-state index contributed by atoms with van der Waals surface area (Å²) in [7, 11) is 0. The van der Waals surface area contributed by atoms with E-state index < -0.39 is 0 Å². The van der Waals surface area contributed by atoms with Gasteiger partial charge in [0.25, 0.3) is 5.69 Å². The van der Waals surface area contributed by atoms with Crippen molar-refractivity contribution in [3.05, 3.63) is 101 Å². The van der Waals surface area contributed by atoms with E-state index in [4.69, 9.17) is 0 Å². The second-order valence-electron chi connectivity index (χ2n) is 8.08. The van der Waals surface area contributed by atoms with E-state index in [1.165, 1.54) is 0 Å². The van der Waals surface area contributed by atoms with E-state index in [9.17, 15) is 10.1 Å². The minimum atomic E-state index is -0.242. The first-order valence-corrected chi connectivity index (χ1v) is 11.0. The Kier molecular flexibility index (Phi) is 5.20. The van der Waals surface area contributed by atoms with Crippen LogP contribution in [0, 0.1) is 10.1 Å². The molecule has 0 radical (unpaired) electrons. The number of hydrogen-bond donors (Lipinski definition) is 0. The van der Waals surface area contributed by atoms with Crippen LogP contribution in [-0.2, 0) is 6.54 Å². The van der Waals surface area contributed by atoms with Gasteiger partial charge in [0.05, 0.1) is 10.6 Å². The molecule has 4 nitrogen and oxygen atoms in total. The number of unbranched alkanes of at least 4 members (excludes halogenated alkanes) is 1. The lowest BCUT2D eigenvalue weighted by atomic mass is 10.0. The Morgan fingerprint density at radius 3 is 1.97 bits per heavy atom. The first kappa shape index (κ1) is 20.0. The number of hydrogen-bond acceptors (Lipinski definition) is 2. The second kappa shape index (κ2) is 8.31. The third-order valence-electron chi connectivity index (χ3n) is 6.12. The average Bonchev–Trinajstić information content (AvgIpc) is 3.21. The third-order valence-corrected chi connectivity index (χ3v) is 6.12. The summed E-state index contributed by atoms with van der Waals surface area (Å²) in [6, 6.07) is 30.3. The number of rotatable bonds is 6. The van der Waals surface area contributed by atoms with Crippen molar-refractivity contribution in [1.82, 2.24) is 4.57 Å². The summed E-state index contributed by atoms with van der Waals surface area (Å²) in [5, 5.41) is 16.6. The fourth-order valence-corrected chi connectivity index (χ4v) is 4.61. The Morgan fingerprint density at radius 1 is 0.781 bits per heavy atom. The van der Waals surface area contributed by atoms with Crippen LogP contribution in [0.1, 0.15) is 19.8 Å². The quantitative estimate of drug-likeness (QED) is 0.207. The van der Waals surface area contributed by atoms with E-state index in [0.717, 1.165) is 57.8 Å². The first-order valence-electron chi connectivity index (χ1n) is 11.0. The monoisotopic (exact) mass is 420 g/mol. The lowest BCUT2D eigenvalue weighted by Crippen LogP contribution is -2.04. The lowest BCUT2D eigenvalue weighted by molar-refractivity contribution is -0.384. The molecule has 0 saturated heterocycles. The third kappa shape index (κ3) is 3.34. The van der Waals surface area contributed by atoms with Crippen molar-refractivity contribution < 1.29 is 4.92 Å². The fraction of sp³-hybridized carbons (Fsp3) is 0.143. The van der Waals surface area contributed by atoms with Crippen molar-refractivity contribution in [2.24, 2.45) is 0 Å². The largest absolute Gasteiger partial charge is 0.335 e. The zero-order valence-electron chi connectivity index (χ0n) is 18.0. The van der Waals surface area contributed by atoms with E-state index in [0.29, 0.717) is 5.69 Å². The minimum Gasteiger partial charge on any atom is -0.335 e. The number of nitro groups is 1. The van der Waals surface area contributed by atoms with Crippen molar-refractivity contribution in [3.63, 3.8) is 0 Å². The maximum Gasteiger partial charge on any atom is 0.295 e. The van der Waals surface area contributed by atoms with Crippen LogP contribution in [-0.4, -0.2) is 9.49 Å². The van der Waals surface area contributed by atoms with E-state index in [2.05, 4.69) is 47.9 Å². The number of fused-ring (bicyclic) bond motifs is 2. The Hall–Kier alpha value is -3.92. The molecule has 1 heterocycles. The van der Waals surface area contributed by atoms with Gasteiger partial charge in [-0.1, -0.05) is 98.3 Å². The summed E-state index contributed by atoms with van der Waals surface area (Å²) in [6.45, 7) is 2.87. The SMILES string of the molecule is CCCCn1c(-c2cccc3ccccc23)cc([N+](=O)[O-])c1-c1cccc2ccccc12. The van der Waals surface area contributed by atoms with Crippen LogP contribution in [0.15, 0.2) is 91.0 Å². The summed E-state index contributed by atoms with van der Waals surface area (Å²) < 4.78 is 2.16. The molecule has 0 N–H and O–H groups in total. The molecule has 1 aromatic heterocycles. The Labute approximate surface area is 186 Å². The summed E-state index contributed by atoms with van der Waals surface area (Å²) >= 11 is 0. The molecule has 5 aromatic rings. The van der Waals surface area contributed by atoms with Gasteiger partial charge in [-0.25, -0.2) is 0 Å². The van der Waals surface area contributed by atoms with Crippen LogP contribution in [0.3, 0.4) is 0 Å². The predicted octanol–water partition coefficient (Wildman–Crippen LogP) is 7.84. The van der Waals surface area contributed by atoms with E-state index in [-0.39, 0.29) is 10.6 Å².